The Kier molecular flexibility index (Phi) is 4.73. The molecule has 134 valence electrons. The molecule has 4 rings (SSSR count). The van der Waals surface area contributed by atoms with Gasteiger partial charge in [0.1, 0.15) is 11.9 Å². The zero-order valence-corrected chi connectivity index (χ0v) is 14.7. The molecule has 1 saturated heterocycles. The number of nitrogens with one attached hydrogen (secondary N) is 1. The van der Waals surface area contributed by atoms with Crippen molar-refractivity contribution in [3.63, 3.8) is 0 Å². The van der Waals surface area contributed by atoms with Gasteiger partial charge in [-0.3, -0.25) is 0 Å². The second kappa shape index (κ2) is 7.32. The van der Waals surface area contributed by atoms with Gasteiger partial charge in [-0.2, -0.15) is 5.10 Å². The molecule has 26 heavy (non-hydrogen) atoms. The number of aromatic nitrogens is 2. The molecule has 1 aromatic heterocycles. The van der Waals surface area contributed by atoms with E-state index in [1.165, 1.54) is 0 Å². The third-order valence-electron chi connectivity index (χ3n) is 5.02. The van der Waals surface area contributed by atoms with Crippen LogP contribution in [0, 0.1) is 0 Å². The molecule has 2 aromatic carbocycles. The van der Waals surface area contributed by atoms with Crippen LogP contribution in [-0.4, -0.2) is 28.0 Å². The van der Waals surface area contributed by atoms with Gasteiger partial charge in [0.25, 0.3) is 0 Å². The molecule has 2 heterocycles. The van der Waals surface area contributed by atoms with E-state index in [-0.39, 0.29) is 0 Å². The van der Waals surface area contributed by atoms with Crippen molar-refractivity contribution < 1.29 is 5.11 Å². The van der Waals surface area contributed by atoms with Crippen LogP contribution in [0.2, 0.25) is 0 Å². The van der Waals surface area contributed by atoms with Gasteiger partial charge < -0.3 is 16.2 Å². The van der Waals surface area contributed by atoms with Crippen molar-refractivity contribution in [1.82, 2.24) is 15.1 Å². The molecule has 0 spiro atoms. The van der Waals surface area contributed by atoms with Crippen molar-refractivity contribution in [1.29, 1.82) is 0 Å². The van der Waals surface area contributed by atoms with Gasteiger partial charge >= 0.3 is 0 Å². The zero-order chi connectivity index (χ0) is 17.9. The minimum Gasteiger partial charge on any atom is -0.384 e. The molecule has 5 heteroatoms. The van der Waals surface area contributed by atoms with Crippen LogP contribution in [0.5, 0.6) is 0 Å². The fourth-order valence-corrected chi connectivity index (χ4v) is 3.55. The maximum atomic E-state index is 10.5. The van der Waals surface area contributed by atoms with Crippen LogP contribution in [0.3, 0.4) is 0 Å². The third kappa shape index (κ3) is 3.36. The molecule has 5 nitrogen and oxygen atoms in total. The Morgan fingerprint density at radius 2 is 1.81 bits per heavy atom. The molecule has 2 atom stereocenters. The minimum absolute atomic E-state index is 0.316. The summed E-state index contributed by atoms with van der Waals surface area (Å²) in [5, 5.41) is 18.7. The van der Waals surface area contributed by atoms with Gasteiger partial charge in [-0.15, -0.1) is 0 Å². The summed E-state index contributed by atoms with van der Waals surface area (Å²) < 4.78 is 1.94. The first kappa shape index (κ1) is 16.8. The molecule has 0 saturated carbocycles. The zero-order valence-electron chi connectivity index (χ0n) is 14.7. The Labute approximate surface area is 153 Å². The summed E-state index contributed by atoms with van der Waals surface area (Å²) in [6, 6.07) is 19.8. The fraction of sp³-hybridized carbons (Fsp3) is 0.286. The lowest BCUT2D eigenvalue weighted by Gasteiger charge is -2.23. The maximum Gasteiger partial charge on any atom is 0.122 e. The van der Waals surface area contributed by atoms with E-state index in [9.17, 15) is 5.11 Å². The molecule has 1 fully saturated rings. The normalized spacial score (nSPS) is 18.6. The molecule has 0 amide bonds. The van der Waals surface area contributed by atoms with E-state index in [2.05, 4.69) is 5.32 Å². The highest BCUT2D eigenvalue weighted by Gasteiger charge is 2.19. The van der Waals surface area contributed by atoms with Gasteiger partial charge in [-0.25, -0.2) is 4.68 Å². The van der Waals surface area contributed by atoms with Gasteiger partial charge in [-0.1, -0.05) is 54.6 Å². The Hall–Kier alpha value is -2.63. The number of nitrogens with zero attached hydrogens (tertiary/aromatic N) is 2. The van der Waals surface area contributed by atoms with Crippen molar-refractivity contribution in [2.45, 2.75) is 25.0 Å². The number of aliphatic hydroxyl groups is 1. The van der Waals surface area contributed by atoms with Gasteiger partial charge in [0.15, 0.2) is 0 Å². The standard InChI is InChI=1S/C21H24N4O/c22-20-13-19(24-25(20)18-7-4-12-23-14-18)15-8-10-17(11-9-15)21(26)16-5-2-1-3-6-16/h1-3,5-6,8-11,13,18,21,23,26H,4,7,12,14,22H2. The first-order chi connectivity index (χ1) is 12.7. The van der Waals surface area contributed by atoms with Crippen LogP contribution >= 0.6 is 0 Å². The van der Waals surface area contributed by atoms with Crippen molar-refractivity contribution in [3.8, 4) is 11.3 Å². The van der Waals surface area contributed by atoms with E-state index in [0.717, 1.165) is 48.3 Å². The lowest BCUT2D eigenvalue weighted by Crippen LogP contribution is -2.32. The van der Waals surface area contributed by atoms with E-state index in [1.54, 1.807) is 0 Å². The number of benzene rings is 2. The van der Waals surface area contributed by atoms with Crippen LogP contribution in [0.15, 0.2) is 60.7 Å². The third-order valence-corrected chi connectivity index (χ3v) is 5.02. The van der Waals surface area contributed by atoms with Crippen molar-refractivity contribution in [2.24, 2.45) is 0 Å². The molecule has 0 bridgehead atoms. The van der Waals surface area contributed by atoms with E-state index in [1.807, 2.05) is 65.3 Å². The molecule has 0 aliphatic carbocycles. The second-order valence-corrected chi connectivity index (χ2v) is 6.83. The fourth-order valence-electron chi connectivity index (χ4n) is 3.55. The summed E-state index contributed by atoms with van der Waals surface area (Å²) in [4.78, 5) is 0. The number of rotatable bonds is 4. The van der Waals surface area contributed by atoms with Crippen LogP contribution < -0.4 is 11.1 Å². The highest BCUT2D eigenvalue weighted by Crippen LogP contribution is 2.28. The SMILES string of the molecule is Nc1cc(-c2ccc(C(O)c3ccccc3)cc2)nn1C1CCCNC1. The first-order valence-electron chi connectivity index (χ1n) is 9.11. The van der Waals surface area contributed by atoms with E-state index >= 15 is 0 Å². The Morgan fingerprint density at radius 3 is 2.50 bits per heavy atom. The number of hydrogen-bond acceptors (Lipinski definition) is 4. The van der Waals surface area contributed by atoms with E-state index in [4.69, 9.17) is 10.8 Å². The number of aliphatic hydroxyl groups excluding tert-OH is 1. The number of anilines is 1. The van der Waals surface area contributed by atoms with Crippen molar-refractivity contribution in [2.75, 3.05) is 18.8 Å². The molecule has 4 N–H and O–H groups in total. The summed E-state index contributed by atoms with van der Waals surface area (Å²) in [5.41, 5.74) is 9.82. The average Bonchev–Trinajstić information content (AvgIpc) is 3.10. The summed E-state index contributed by atoms with van der Waals surface area (Å²) >= 11 is 0. The molecule has 0 radical (unpaired) electrons. The van der Waals surface area contributed by atoms with Crippen LogP contribution in [-0.2, 0) is 0 Å². The number of piperidine rings is 1. The predicted octanol–water partition coefficient (Wildman–Crippen LogP) is 3.14. The number of hydrogen-bond donors (Lipinski definition) is 3. The number of nitrogen functional groups attached to an aromatic ring is 1. The highest BCUT2D eigenvalue weighted by molar-refractivity contribution is 5.63. The molecule has 2 unspecified atom stereocenters. The van der Waals surface area contributed by atoms with Crippen LogP contribution in [0.1, 0.15) is 36.1 Å². The molecule has 1 aliphatic heterocycles. The molecule has 1 aliphatic rings. The van der Waals surface area contributed by atoms with Gasteiger partial charge in [-0.05, 0) is 30.5 Å². The van der Waals surface area contributed by atoms with Crippen LogP contribution in [0.4, 0.5) is 5.82 Å². The Morgan fingerprint density at radius 1 is 1.08 bits per heavy atom. The Bertz CT molecular complexity index is 851. The van der Waals surface area contributed by atoms with Crippen molar-refractivity contribution >= 4 is 5.82 Å². The highest BCUT2D eigenvalue weighted by atomic mass is 16.3. The largest absolute Gasteiger partial charge is 0.384 e. The minimum atomic E-state index is -0.624. The predicted molar refractivity (Wildman–Crippen MR) is 104 cm³/mol. The lowest BCUT2D eigenvalue weighted by molar-refractivity contribution is 0.220. The molecular formula is C21H24N4O. The van der Waals surface area contributed by atoms with Crippen molar-refractivity contribution in [3.05, 3.63) is 71.8 Å². The van der Waals surface area contributed by atoms with E-state index in [0.29, 0.717) is 11.9 Å². The summed E-state index contributed by atoms with van der Waals surface area (Å²) in [6.45, 7) is 1.98. The molecule has 3 aromatic rings. The maximum absolute atomic E-state index is 10.5. The molecular weight excluding hydrogens is 324 g/mol. The monoisotopic (exact) mass is 348 g/mol. The lowest BCUT2D eigenvalue weighted by atomic mass is 10.00. The van der Waals surface area contributed by atoms with E-state index < -0.39 is 6.10 Å². The van der Waals surface area contributed by atoms with Gasteiger partial charge in [0, 0.05) is 18.2 Å². The van der Waals surface area contributed by atoms with Gasteiger partial charge in [0.2, 0.25) is 0 Å². The average molecular weight is 348 g/mol. The van der Waals surface area contributed by atoms with Gasteiger partial charge in [0.05, 0.1) is 11.7 Å². The Balaban J connectivity index is 1.55. The second-order valence-electron chi connectivity index (χ2n) is 6.83. The number of nitrogens with two attached hydrogens (primary N) is 1. The summed E-state index contributed by atoms with van der Waals surface area (Å²) in [6.07, 6.45) is 1.62. The van der Waals surface area contributed by atoms with Crippen LogP contribution in [0.25, 0.3) is 11.3 Å². The smallest absolute Gasteiger partial charge is 0.122 e. The summed E-state index contributed by atoms with van der Waals surface area (Å²) in [7, 11) is 0. The first-order valence-corrected chi connectivity index (χ1v) is 9.11. The topological polar surface area (TPSA) is 76.1 Å². The summed E-state index contributed by atoms with van der Waals surface area (Å²) in [5.74, 6) is 0.696. The quantitative estimate of drug-likeness (QED) is 0.677.